The molecule has 0 radical (unpaired) electrons. The van der Waals surface area contributed by atoms with Crippen molar-refractivity contribution in [2.45, 2.75) is 33.1 Å². The van der Waals surface area contributed by atoms with E-state index in [1.165, 1.54) is 22.4 Å². The predicted octanol–water partition coefficient (Wildman–Crippen LogP) is 6.41. The van der Waals surface area contributed by atoms with Crippen molar-refractivity contribution in [3.63, 3.8) is 0 Å². The van der Waals surface area contributed by atoms with E-state index in [0.717, 1.165) is 61.2 Å². The van der Waals surface area contributed by atoms with E-state index in [9.17, 15) is 0 Å². The zero-order chi connectivity index (χ0) is 23.4. The van der Waals surface area contributed by atoms with Crippen LogP contribution in [0.15, 0.2) is 65.1 Å². The molecule has 0 fully saturated rings. The number of benzene rings is 3. The van der Waals surface area contributed by atoms with E-state index >= 15 is 0 Å². The Kier molecular flexibility index (Phi) is 7.14. The maximum absolute atomic E-state index is 8.11. The van der Waals surface area contributed by atoms with Gasteiger partial charge in [-0.1, -0.05) is 37.6 Å². The van der Waals surface area contributed by atoms with Crippen molar-refractivity contribution >= 4 is 16.7 Å². The van der Waals surface area contributed by atoms with E-state index in [2.05, 4.69) is 80.2 Å². The molecular weight excluding hydrogens is 406 g/mol. The quantitative estimate of drug-likeness (QED) is 0.305. The first kappa shape index (κ1) is 23.1. The number of nitrogens with one attached hydrogen (secondary N) is 1. The fraction of sp³-hybridized carbons (Fsp3) is 0.345. The molecule has 1 heterocycles. The second-order valence-electron chi connectivity index (χ2n) is 9.05. The maximum atomic E-state index is 8.11. The fourth-order valence-electron chi connectivity index (χ4n) is 4.56. The Bertz CT molecular complexity index is 1240. The molecule has 0 spiro atoms. The summed E-state index contributed by atoms with van der Waals surface area (Å²) in [4.78, 5) is 4.63. The summed E-state index contributed by atoms with van der Waals surface area (Å²) in [5, 5.41) is 9.68. The molecule has 0 aromatic heterocycles. The van der Waals surface area contributed by atoms with Gasteiger partial charge in [0.05, 0.1) is 5.36 Å². The Morgan fingerprint density at radius 2 is 1.67 bits per heavy atom. The smallest absolute Gasteiger partial charge is 0.137 e. The molecule has 0 saturated heterocycles. The molecule has 1 aliphatic heterocycles. The van der Waals surface area contributed by atoms with Gasteiger partial charge in [-0.05, 0) is 75.8 Å². The van der Waals surface area contributed by atoms with Crippen LogP contribution in [0.25, 0.3) is 33.4 Å². The number of nitrogens with zero attached hydrogens (tertiary/aromatic N) is 2. The molecule has 172 valence electrons. The largest absolute Gasteiger partial charge is 0.456 e. The van der Waals surface area contributed by atoms with Crippen LogP contribution in [-0.2, 0) is 6.42 Å². The summed E-state index contributed by atoms with van der Waals surface area (Å²) >= 11 is 0. The molecule has 0 unspecified atom stereocenters. The number of aryl methyl sites for hydroxylation is 1. The zero-order valence-electron chi connectivity index (χ0n) is 20.3. The topological polar surface area (TPSA) is 43.5 Å². The van der Waals surface area contributed by atoms with Gasteiger partial charge in [0.2, 0.25) is 0 Å². The van der Waals surface area contributed by atoms with Crippen molar-refractivity contribution in [2.75, 3.05) is 38.6 Å². The molecule has 4 heteroatoms. The van der Waals surface area contributed by atoms with Gasteiger partial charge < -0.3 is 19.6 Å². The standard InChI is InChI=1S/C29H35N3O/c1-5-8-21-9-11-22(12-10-21)29-25-15-13-23(30)19-27(25)33-28-20-24(14-16-26(28)29)32(6-2)18-7-17-31(3)4/h9-16,19-20,30H,5-8,17-18H2,1-4H3. The minimum atomic E-state index is 0.463. The van der Waals surface area contributed by atoms with Gasteiger partial charge in [0, 0.05) is 47.4 Å². The van der Waals surface area contributed by atoms with Gasteiger partial charge >= 0.3 is 0 Å². The predicted molar refractivity (Wildman–Crippen MR) is 139 cm³/mol. The van der Waals surface area contributed by atoms with Crippen LogP contribution >= 0.6 is 0 Å². The Morgan fingerprint density at radius 3 is 2.36 bits per heavy atom. The second-order valence-corrected chi connectivity index (χ2v) is 9.05. The summed E-state index contributed by atoms with van der Waals surface area (Å²) in [6.45, 7) is 7.45. The number of rotatable bonds is 9. The van der Waals surface area contributed by atoms with Crippen molar-refractivity contribution in [1.29, 1.82) is 5.41 Å². The average molecular weight is 442 g/mol. The van der Waals surface area contributed by atoms with E-state index in [4.69, 9.17) is 9.83 Å². The highest BCUT2D eigenvalue weighted by Crippen LogP contribution is 2.40. The lowest BCUT2D eigenvalue weighted by Gasteiger charge is -2.25. The van der Waals surface area contributed by atoms with E-state index in [1.807, 2.05) is 18.2 Å². The van der Waals surface area contributed by atoms with Gasteiger partial charge in [-0.25, -0.2) is 0 Å². The molecule has 33 heavy (non-hydrogen) atoms. The molecule has 4 rings (SSSR count). The zero-order valence-corrected chi connectivity index (χ0v) is 20.3. The Labute approximate surface area is 197 Å². The van der Waals surface area contributed by atoms with Crippen LogP contribution in [0.5, 0.6) is 0 Å². The minimum Gasteiger partial charge on any atom is -0.456 e. The molecule has 0 atom stereocenters. The fourth-order valence-corrected chi connectivity index (χ4v) is 4.56. The first-order valence-corrected chi connectivity index (χ1v) is 12.0. The summed E-state index contributed by atoms with van der Waals surface area (Å²) < 4.78 is 6.37. The highest BCUT2D eigenvalue weighted by Gasteiger charge is 2.18. The van der Waals surface area contributed by atoms with Crippen LogP contribution < -0.4 is 10.3 Å². The molecule has 0 saturated carbocycles. The van der Waals surface area contributed by atoms with Gasteiger partial charge in [-0.15, -0.1) is 0 Å². The average Bonchev–Trinajstić information content (AvgIpc) is 2.80. The summed E-state index contributed by atoms with van der Waals surface area (Å²) in [7, 11) is 4.24. The summed E-state index contributed by atoms with van der Waals surface area (Å²) in [5.41, 5.74) is 6.82. The number of hydrogen-bond donors (Lipinski definition) is 1. The SMILES string of the molecule is CCCc1ccc(-c2c3ccc(=N)cc-3oc3cc(N(CC)CCCN(C)C)ccc23)cc1. The lowest BCUT2D eigenvalue weighted by molar-refractivity contribution is 0.400. The molecule has 2 aromatic rings. The molecule has 4 nitrogen and oxygen atoms in total. The van der Waals surface area contributed by atoms with Crippen molar-refractivity contribution in [2.24, 2.45) is 0 Å². The molecule has 1 aliphatic carbocycles. The van der Waals surface area contributed by atoms with Crippen LogP contribution in [0.4, 0.5) is 5.69 Å². The Balaban J connectivity index is 1.83. The van der Waals surface area contributed by atoms with E-state index in [0.29, 0.717) is 5.36 Å². The molecule has 2 aromatic carbocycles. The number of fused-ring (bicyclic) bond motifs is 2. The van der Waals surface area contributed by atoms with Crippen LogP contribution in [0.1, 0.15) is 32.3 Å². The van der Waals surface area contributed by atoms with Crippen molar-refractivity contribution in [3.05, 3.63) is 71.6 Å². The molecular formula is C29H35N3O. The lowest BCUT2D eigenvalue weighted by Crippen LogP contribution is -2.26. The van der Waals surface area contributed by atoms with Crippen molar-refractivity contribution in [3.8, 4) is 22.5 Å². The van der Waals surface area contributed by atoms with Gasteiger partial charge in [0.1, 0.15) is 11.3 Å². The molecule has 0 amide bonds. The van der Waals surface area contributed by atoms with E-state index in [-0.39, 0.29) is 0 Å². The number of hydrogen-bond acceptors (Lipinski definition) is 4. The van der Waals surface area contributed by atoms with Gasteiger partial charge in [0.25, 0.3) is 0 Å². The third-order valence-corrected chi connectivity index (χ3v) is 6.27. The van der Waals surface area contributed by atoms with Gasteiger partial charge in [0.15, 0.2) is 0 Å². The maximum Gasteiger partial charge on any atom is 0.137 e. The van der Waals surface area contributed by atoms with Crippen molar-refractivity contribution in [1.82, 2.24) is 4.90 Å². The third-order valence-electron chi connectivity index (χ3n) is 6.27. The Morgan fingerprint density at radius 1 is 0.879 bits per heavy atom. The van der Waals surface area contributed by atoms with Crippen molar-refractivity contribution < 1.29 is 4.42 Å². The van der Waals surface area contributed by atoms with Crippen LogP contribution in [0, 0.1) is 5.41 Å². The van der Waals surface area contributed by atoms with E-state index < -0.39 is 0 Å². The van der Waals surface area contributed by atoms with Crippen LogP contribution in [-0.4, -0.2) is 38.6 Å². The lowest BCUT2D eigenvalue weighted by atomic mass is 9.92. The molecule has 1 N–H and O–H groups in total. The molecule has 2 aliphatic rings. The third kappa shape index (κ3) is 5.12. The van der Waals surface area contributed by atoms with Gasteiger partial charge in [-0.2, -0.15) is 0 Å². The highest BCUT2D eigenvalue weighted by molar-refractivity contribution is 6.02. The monoisotopic (exact) mass is 441 g/mol. The Hall–Kier alpha value is -3.11. The second kappa shape index (κ2) is 10.2. The van der Waals surface area contributed by atoms with E-state index in [1.54, 1.807) is 0 Å². The summed E-state index contributed by atoms with van der Waals surface area (Å²) in [6, 6.07) is 21.2. The van der Waals surface area contributed by atoms with Gasteiger partial charge in [-0.3, -0.25) is 0 Å². The first-order valence-electron chi connectivity index (χ1n) is 12.0. The van der Waals surface area contributed by atoms with Crippen LogP contribution in [0.3, 0.4) is 0 Å². The molecule has 0 bridgehead atoms. The minimum absolute atomic E-state index is 0.463. The van der Waals surface area contributed by atoms with Crippen LogP contribution in [0.2, 0.25) is 0 Å². The normalized spacial score (nSPS) is 11.5. The summed E-state index contributed by atoms with van der Waals surface area (Å²) in [5.74, 6) is 0.760. The highest BCUT2D eigenvalue weighted by atomic mass is 16.3. The first-order chi connectivity index (χ1) is 16.0. The number of anilines is 1. The summed E-state index contributed by atoms with van der Waals surface area (Å²) in [6.07, 6.45) is 3.36.